The topological polar surface area (TPSA) is 82.7 Å². The van der Waals surface area contributed by atoms with Crippen molar-refractivity contribution in [2.45, 2.75) is 31.3 Å². The number of carbonyl (C=O) groups excluding carboxylic acids is 2. The van der Waals surface area contributed by atoms with E-state index in [0.29, 0.717) is 13.2 Å². The Hall–Kier alpha value is -2.28. The first-order valence-corrected chi connectivity index (χ1v) is 8.87. The summed E-state index contributed by atoms with van der Waals surface area (Å²) in [7, 11) is 1.65. The van der Waals surface area contributed by atoms with Gasteiger partial charge in [-0.15, -0.1) is 0 Å². The van der Waals surface area contributed by atoms with Gasteiger partial charge in [0.15, 0.2) is 0 Å². The maximum absolute atomic E-state index is 12.4. The molecule has 3 rings (SSSR count). The molecule has 3 N–H and O–H groups in total. The van der Waals surface area contributed by atoms with Crippen molar-refractivity contribution in [2.24, 2.45) is 0 Å². The molecule has 2 aliphatic rings. The molecule has 136 valence electrons. The van der Waals surface area contributed by atoms with Gasteiger partial charge in [-0.3, -0.25) is 9.69 Å². The SMILES string of the molecule is CNC(=O)CN1CCC(NC(=O)N[C@H]2CCOc3ccccc32)CC1. The van der Waals surface area contributed by atoms with Gasteiger partial charge in [0.25, 0.3) is 0 Å². The Balaban J connectivity index is 1.46. The number of piperidine rings is 1. The first-order chi connectivity index (χ1) is 12.2. The highest BCUT2D eigenvalue weighted by Gasteiger charge is 2.25. The van der Waals surface area contributed by atoms with Crippen LogP contribution < -0.4 is 20.7 Å². The number of para-hydroxylation sites is 1. The number of benzene rings is 1. The highest BCUT2D eigenvalue weighted by atomic mass is 16.5. The lowest BCUT2D eigenvalue weighted by atomic mass is 10.0. The molecule has 0 saturated carbocycles. The first kappa shape index (κ1) is 17.5. The molecule has 7 nitrogen and oxygen atoms in total. The molecule has 0 aliphatic carbocycles. The van der Waals surface area contributed by atoms with E-state index in [-0.39, 0.29) is 24.0 Å². The van der Waals surface area contributed by atoms with Gasteiger partial charge in [-0.2, -0.15) is 0 Å². The number of nitrogens with zero attached hydrogens (tertiary/aromatic N) is 1. The van der Waals surface area contributed by atoms with Gasteiger partial charge in [-0.05, 0) is 18.9 Å². The summed E-state index contributed by atoms with van der Waals surface area (Å²) in [4.78, 5) is 25.9. The van der Waals surface area contributed by atoms with Crippen molar-refractivity contribution in [1.82, 2.24) is 20.9 Å². The van der Waals surface area contributed by atoms with Crippen LogP contribution in [0.1, 0.15) is 30.9 Å². The summed E-state index contributed by atoms with van der Waals surface area (Å²) in [5.41, 5.74) is 1.03. The second kappa shape index (κ2) is 8.20. The van der Waals surface area contributed by atoms with Crippen molar-refractivity contribution in [3.05, 3.63) is 29.8 Å². The molecule has 2 heterocycles. The standard InChI is InChI=1S/C18H26N4O3/c1-19-17(23)12-22-9-6-13(7-10-22)20-18(24)21-15-8-11-25-16-5-3-2-4-14(15)16/h2-5,13,15H,6-12H2,1H3,(H,19,23)(H2,20,21,24)/t15-/m0/s1. The van der Waals surface area contributed by atoms with E-state index in [1.165, 1.54) is 0 Å². The monoisotopic (exact) mass is 346 g/mol. The minimum Gasteiger partial charge on any atom is -0.493 e. The van der Waals surface area contributed by atoms with Crippen molar-refractivity contribution in [3.8, 4) is 5.75 Å². The Labute approximate surface area is 148 Å². The van der Waals surface area contributed by atoms with Crippen LogP contribution in [0.4, 0.5) is 4.79 Å². The summed E-state index contributed by atoms with van der Waals surface area (Å²) in [6.07, 6.45) is 2.48. The third-order valence-corrected chi connectivity index (χ3v) is 4.83. The van der Waals surface area contributed by atoms with Crippen LogP contribution >= 0.6 is 0 Å². The lowest BCUT2D eigenvalue weighted by molar-refractivity contribution is -0.122. The minimum absolute atomic E-state index is 0.0155. The average molecular weight is 346 g/mol. The zero-order chi connectivity index (χ0) is 17.6. The van der Waals surface area contributed by atoms with Gasteiger partial charge >= 0.3 is 6.03 Å². The Kier molecular flexibility index (Phi) is 5.75. The normalized spacial score (nSPS) is 20.9. The molecule has 2 aliphatic heterocycles. The molecule has 0 radical (unpaired) electrons. The number of fused-ring (bicyclic) bond motifs is 1. The van der Waals surface area contributed by atoms with Gasteiger partial charge in [0, 0.05) is 38.2 Å². The Bertz CT molecular complexity index is 614. The van der Waals surface area contributed by atoms with Gasteiger partial charge < -0.3 is 20.7 Å². The van der Waals surface area contributed by atoms with Crippen molar-refractivity contribution < 1.29 is 14.3 Å². The number of nitrogens with one attached hydrogen (secondary N) is 3. The van der Waals surface area contributed by atoms with E-state index in [9.17, 15) is 9.59 Å². The van der Waals surface area contributed by atoms with Gasteiger partial charge in [-0.25, -0.2) is 4.79 Å². The molecule has 3 amide bonds. The smallest absolute Gasteiger partial charge is 0.315 e. The van der Waals surface area contributed by atoms with Crippen LogP contribution in [-0.2, 0) is 4.79 Å². The van der Waals surface area contributed by atoms with E-state index in [2.05, 4.69) is 20.9 Å². The largest absolute Gasteiger partial charge is 0.493 e. The van der Waals surface area contributed by atoms with Crippen LogP contribution in [0.25, 0.3) is 0 Å². The first-order valence-electron chi connectivity index (χ1n) is 8.87. The third kappa shape index (κ3) is 4.63. The second-order valence-electron chi connectivity index (χ2n) is 6.57. The highest BCUT2D eigenvalue weighted by molar-refractivity contribution is 5.77. The van der Waals surface area contributed by atoms with E-state index >= 15 is 0 Å². The van der Waals surface area contributed by atoms with Crippen LogP contribution in [0.3, 0.4) is 0 Å². The molecule has 7 heteroatoms. The quantitative estimate of drug-likeness (QED) is 0.760. The summed E-state index contributed by atoms with van der Waals surface area (Å²) in [5, 5.41) is 8.77. The number of carbonyl (C=O) groups is 2. The zero-order valence-electron chi connectivity index (χ0n) is 14.6. The van der Waals surface area contributed by atoms with Crippen LogP contribution in [0.15, 0.2) is 24.3 Å². The minimum atomic E-state index is -0.133. The molecule has 1 saturated heterocycles. The Morgan fingerprint density at radius 2 is 1.92 bits per heavy atom. The van der Waals surface area contributed by atoms with E-state index in [1.54, 1.807) is 7.05 Å². The predicted molar refractivity (Wildman–Crippen MR) is 94.5 cm³/mol. The Morgan fingerprint density at radius 1 is 1.16 bits per heavy atom. The molecule has 1 fully saturated rings. The lowest BCUT2D eigenvalue weighted by Crippen LogP contribution is -2.50. The number of likely N-dealkylation sites (N-methyl/N-ethyl adjacent to an activating group) is 1. The fourth-order valence-electron chi connectivity index (χ4n) is 3.39. The number of rotatable bonds is 4. The highest BCUT2D eigenvalue weighted by Crippen LogP contribution is 2.31. The number of hydrogen-bond donors (Lipinski definition) is 3. The van der Waals surface area contributed by atoms with Crippen molar-refractivity contribution in [3.63, 3.8) is 0 Å². The van der Waals surface area contributed by atoms with Crippen LogP contribution in [-0.4, -0.2) is 56.2 Å². The van der Waals surface area contributed by atoms with Crippen LogP contribution in [0.5, 0.6) is 5.75 Å². The van der Waals surface area contributed by atoms with Crippen molar-refractivity contribution in [1.29, 1.82) is 0 Å². The van der Waals surface area contributed by atoms with Gasteiger partial charge in [0.2, 0.25) is 5.91 Å². The molecule has 1 aromatic carbocycles. The fraction of sp³-hybridized carbons (Fsp3) is 0.556. The van der Waals surface area contributed by atoms with E-state index in [1.807, 2.05) is 24.3 Å². The number of hydrogen-bond acceptors (Lipinski definition) is 4. The fourth-order valence-corrected chi connectivity index (χ4v) is 3.39. The summed E-state index contributed by atoms with van der Waals surface area (Å²) in [6.45, 7) is 2.67. The summed E-state index contributed by atoms with van der Waals surface area (Å²) in [5.74, 6) is 0.879. The third-order valence-electron chi connectivity index (χ3n) is 4.83. The molecule has 25 heavy (non-hydrogen) atoms. The van der Waals surface area contributed by atoms with Crippen molar-refractivity contribution in [2.75, 3.05) is 33.3 Å². The van der Waals surface area contributed by atoms with Crippen molar-refractivity contribution >= 4 is 11.9 Å². The molecule has 0 bridgehead atoms. The van der Waals surface area contributed by atoms with E-state index in [4.69, 9.17) is 4.74 Å². The number of urea groups is 1. The molecular weight excluding hydrogens is 320 g/mol. The number of likely N-dealkylation sites (tertiary alicyclic amines) is 1. The molecule has 1 atom stereocenters. The maximum atomic E-state index is 12.4. The summed E-state index contributed by atoms with van der Waals surface area (Å²) < 4.78 is 5.63. The number of ether oxygens (including phenoxy) is 1. The van der Waals surface area contributed by atoms with Gasteiger partial charge in [0.1, 0.15) is 5.75 Å². The van der Waals surface area contributed by atoms with Crippen LogP contribution in [0, 0.1) is 0 Å². The molecule has 0 unspecified atom stereocenters. The summed E-state index contributed by atoms with van der Waals surface area (Å²) >= 11 is 0. The summed E-state index contributed by atoms with van der Waals surface area (Å²) in [6, 6.07) is 7.83. The van der Waals surface area contributed by atoms with Gasteiger partial charge in [-0.1, -0.05) is 18.2 Å². The zero-order valence-corrected chi connectivity index (χ0v) is 14.6. The second-order valence-corrected chi connectivity index (χ2v) is 6.57. The van der Waals surface area contributed by atoms with Gasteiger partial charge in [0.05, 0.1) is 19.2 Å². The lowest BCUT2D eigenvalue weighted by Gasteiger charge is -2.32. The van der Waals surface area contributed by atoms with E-state index < -0.39 is 0 Å². The average Bonchev–Trinajstić information content (AvgIpc) is 2.63. The predicted octanol–water partition coefficient (Wildman–Crippen LogP) is 1.02. The maximum Gasteiger partial charge on any atom is 0.315 e. The molecule has 0 aromatic heterocycles. The number of amides is 3. The van der Waals surface area contributed by atoms with Crippen LogP contribution in [0.2, 0.25) is 0 Å². The molecule has 0 spiro atoms. The molecular formula is C18H26N4O3. The molecule has 1 aromatic rings. The van der Waals surface area contributed by atoms with E-state index in [0.717, 1.165) is 43.7 Å². The Morgan fingerprint density at radius 3 is 2.68 bits per heavy atom.